The van der Waals surface area contributed by atoms with E-state index in [0.717, 1.165) is 11.4 Å². The Balaban J connectivity index is 2.01. The van der Waals surface area contributed by atoms with E-state index in [1.165, 1.54) is 13.2 Å². The molecule has 27 heavy (non-hydrogen) atoms. The first-order valence-corrected chi connectivity index (χ1v) is 8.40. The summed E-state index contributed by atoms with van der Waals surface area (Å²) in [5.74, 6) is 0.542. The fourth-order valence-corrected chi connectivity index (χ4v) is 3.05. The molecule has 0 radical (unpaired) electrons. The quantitative estimate of drug-likeness (QED) is 0.597. The van der Waals surface area contributed by atoms with Crippen LogP contribution in [0.2, 0.25) is 0 Å². The third-order valence-electron chi connectivity index (χ3n) is 4.29. The monoisotopic (exact) mass is 364 g/mol. The van der Waals surface area contributed by atoms with E-state index in [0.29, 0.717) is 29.0 Å². The number of rotatable bonds is 4. The third kappa shape index (κ3) is 2.84. The van der Waals surface area contributed by atoms with E-state index in [1.807, 2.05) is 23.6 Å². The van der Waals surface area contributed by atoms with E-state index in [4.69, 9.17) is 15.5 Å². The van der Waals surface area contributed by atoms with Crippen LogP contribution in [0.15, 0.2) is 42.7 Å². The molecule has 0 fully saturated rings. The van der Waals surface area contributed by atoms with Gasteiger partial charge in [-0.25, -0.2) is 14.4 Å². The summed E-state index contributed by atoms with van der Waals surface area (Å²) < 4.78 is 20.9. The van der Waals surface area contributed by atoms with Gasteiger partial charge in [0.05, 0.1) is 7.11 Å². The van der Waals surface area contributed by atoms with Gasteiger partial charge in [-0.1, -0.05) is 0 Å². The molecule has 0 atom stereocenters. The Kier molecular flexibility index (Phi) is 4.15. The first-order chi connectivity index (χ1) is 13.1. The number of hydrogen-bond donors (Lipinski definition) is 1. The maximum atomic E-state index is 13.8. The Bertz CT molecular complexity index is 1130. The Hall–Kier alpha value is -3.55. The van der Waals surface area contributed by atoms with Gasteiger partial charge in [0.25, 0.3) is 0 Å². The molecule has 4 rings (SSSR count). The van der Waals surface area contributed by atoms with Crippen LogP contribution >= 0.6 is 0 Å². The first kappa shape index (κ1) is 16.9. The summed E-state index contributed by atoms with van der Waals surface area (Å²) in [6, 6.07) is 8.29. The van der Waals surface area contributed by atoms with Crippen molar-refractivity contribution in [2.75, 3.05) is 12.8 Å². The third-order valence-corrected chi connectivity index (χ3v) is 4.29. The van der Waals surface area contributed by atoms with Gasteiger partial charge in [0, 0.05) is 30.1 Å². The van der Waals surface area contributed by atoms with Crippen molar-refractivity contribution in [3.05, 3.63) is 48.5 Å². The summed E-state index contributed by atoms with van der Waals surface area (Å²) in [5, 5.41) is 0. The Labute approximate surface area is 154 Å². The van der Waals surface area contributed by atoms with E-state index >= 15 is 0 Å². The highest BCUT2D eigenvalue weighted by atomic mass is 19.1. The van der Waals surface area contributed by atoms with Gasteiger partial charge < -0.3 is 15.0 Å². The van der Waals surface area contributed by atoms with Crippen molar-refractivity contribution in [1.82, 2.24) is 24.5 Å². The Morgan fingerprint density at radius 2 is 1.85 bits per heavy atom. The van der Waals surface area contributed by atoms with Crippen molar-refractivity contribution in [2.24, 2.45) is 0 Å². The highest BCUT2D eigenvalue weighted by Crippen LogP contribution is 2.32. The number of halogens is 1. The van der Waals surface area contributed by atoms with Crippen LogP contribution in [0, 0.1) is 5.82 Å². The summed E-state index contributed by atoms with van der Waals surface area (Å²) >= 11 is 0. The second kappa shape index (κ2) is 6.64. The molecule has 0 amide bonds. The van der Waals surface area contributed by atoms with Crippen molar-refractivity contribution in [3.63, 3.8) is 0 Å². The molecule has 0 spiro atoms. The maximum Gasteiger partial charge on any atom is 0.222 e. The van der Waals surface area contributed by atoms with Crippen LogP contribution in [0.1, 0.15) is 6.92 Å². The molecular weight excluding hydrogens is 347 g/mol. The Morgan fingerprint density at radius 3 is 2.56 bits per heavy atom. The predicted molar refractivity (Wildman–Crippen MR) is 101 cm³/mol. The first-order valence-electron chi connectivity index (χ1n) is 8.40. The zero-order valence-electron chi connectivity index (χ0n) is 14.8. The van der Waals surface area contributed by atoms with E-state index in [1.54, 1.807) is 24.5 Å². The van der Waals surface area contributed by atoms with Crippen molar-refractivity contribution in [3.8, 4) is 28.4 Å². The minimum absolute atomic E-state index is 0.122. The normalized spacial score (nSPS) is 11.1. The molecule has 0 aliphatic rings. The zero-order chi connectivity index (χ0) is 19.0. The number of methoxy groups -OCH3 is 1. The van der Waals surface area contributed by atoms with Crippen molar-refractivity contribution in [1.29, 1.82) is 0 Å². The number of fused-ring (bicyclic) bond motifs is 1. The number of nitrogen functional groups attached to an aromatic ring is 1. The highest BCUT2D eigenvalue weighted by molar-refractivity contribution is 5.91. The number of ether oxygens (including phenoxy) is 1. The minimum atomic E-state index is -0.448. The molecule has 8 heteroatoms. The fourth-order valence-electron chi connectivity index (χ4n) is 3.05. The van der Waals surface area contributed by atoms with Gasteiger partial charge in [0.1, 0.15) is 17.0 Å². The molecule has 0 aliphatic heterocycles. The van der Waals surface area contributed by atoms with Crippen LogP contribution in [0.25, 0.3) is 33.8 Å². The lowest BCUT2D eigenvalue weighted by Gasteiger charge is -2.07. The molecule has 0 unspecified atom stereocenters. The molecule has 0 bridgehead atoms. The number of imidazole rings is 1. The Morgan fingerprint density at radius 1 is 1.07 bits per heavy atom. The molecule has 136 valence electrons. The van der Waals surface area contributed by atoms with E-state index in [2.05, 4.69) is 15.0 Å². The van der Waals surface area contributed by atoms with Crippen molar-refractivity contribution < 1.29 is 9.13 Å². The number of benzene rings is 1. The van der Waals surface area contributed by atoms with Crippen molar-refractivity contribution >= 4 is 17.1 Å². The lowest BCUT2D eigenvalue weighted by molar-refractivity contribution is 0.387. The van der Waals surface area contributed by atoms with Crippen LogP contribution in [-0.2, 0) is 6.54 Å². The van der Waals surface area contributed by atoms with Gasteiger partial charge in [0.2, 0.25) is 5.95 Å². The number of nitrogens with two attached hydrogens (primary N) is 1. The largest absolute Gasteiger partial charge is 0.494 e. The zero-order valence-corrected chi connectivity index (χ0v) is 14.8. The van der Waals surface area contributed by atoms with Gasteiger partial charge >= 0.3 is 0 Å². The van der Waals surface area contributed by atoms with Gasteiger partial charge in [-0.3, -0.25) is 4.98 Å². The van der Waals surface area contributed by atoms with Gasteiger partial charge in [0.15, 0.2) is 17.2 Å². The molecule has 2 N–H and O–H groups in total. The fraction of sp³-hybridized carbons (Fsp3) is 0.158. The van der Waals surface area contributed by atoms with Gasteiger partial charge in [-0.15, -0.1) is 0 Å². The molecule has 0 saturated heterocycles. The molecular formula is C19H17FN6O. The minimum Gasteiger partial charge on any atom is -0.494 e. The average Bonchev–Trinajstić information content (AvgIpc) is 3.06. The van der Waals surface area contributed by atoms with Gasteiger partial charge in [-0.2, -0.15) is 4.98 Å². The number of hydrogen-bond acceptors (Lipinski definition) is 6. The topological polar surface area (TPSA) is 91.7 Å². The van der Waals surface area contributed by atoms with E-state index in [9.17, 15) is 4.39 Å². The molecule has 3 heterocycles. The van der Waals surface area contributed by atoms with E-state index < -0.39 is 5.82 Å². The van der Waals surface area contributed by atoms with Crippen LogP contribution < -0.4 is 10.5 Å². The summed E-state index contributed by atoms with van der Waals surface area (Å²) in [5.41, 5.74) is 9.25. The predicted octanol–water partition coefficient (Wildman–Crippen LogP) is 3.31. The van der Waals surface area contributed by atoms with Gasteiger partial charge in [-0.05, 0) is 37.3 Å². The van der Waals surface area contributed by atoms with Crippen LogP contribution in [0.4, 0.5) is 10.3 Å². The van der Waals surface area contributed by atoms with Crippen LogP contribution in [-0.4, -0.2) is 31.6 Å². The molecule has 4 aromatic rings. The number of anilines is 1. The summed E-state index contributed by atoms with van der Waals surface area (Å²) in [7, 11) is 1.42. The lowest BCUT2D eigenvalue weighted by atomic mass is 10.1. The van der Waals surface area contributed by atoms with Crippen LogP contribution in [0.3, 0.4) is 0 Å². The lowest BCUT2D eigenvalue weighted by Crippen LogP contribution is -2.02. The molecule has 0 saturated carbocycles. The molecule has 3 aromatic heterocycles. The second-order valence-electron chi connectivity index (χ2n) is 5.87. The number of nitrogens with zero attached hydrogens (tertiary/aromatic N) is 5. The number of aryl methyl sites for hydroxylation is 1. The summed E-state index contributed by atoms with van der Waals surface area (Å²) in [6.07, 6.45) is 3.42. The standard InChI is InChI=1S/C19H17FN6O/c1-3-26-17(11-6-8-22-9-7-11)23-16-15(24-19(21)25-18(16)26)12-4-5-13(20)14(10-12)27-2/h4-10H,3H2,1-2H3,(H2,21,24,25). The average molecular weight is 364 g/mol. The summed E-state index contributed by atoms with van der Waals surface area (Å²) in [6.45, 7) is 2.65. The van der Waals surface area contributed by atoms with E-state index in [-0.39, 0.29) is 11.7 Å². The molecule has 1 aromatic carbocycles. The number of pyridine rings is 1. The smallest absolute Gasteiger partial charge is 0.222 e. The summed E-state index contributed by atoms with van der Waals surface area (Å²) in [4.78, 5) is 17.6. The maximum absolute atomic E-state index is 13.8. The second-order valence-corrected chi connectivity index (χ2v) is 5.87. The highest BCUT2D eigenvalue weighted by Gasteiger charge is 2.19. The van der Waals surface area contributed by atoms with Crippen LogP contribution in [0.5, 0.6) is 5.75 Å². The number of aromatic nitrogens is 5. The SMILES string of the molecule is CCn1c(-c2ccncc2)nc2c(-c3ccc(F)c(OC)c3)nc(N)nc21. The molecule has 0 aliphatic carbocycles. The van der Waals surface area contributed by atoms with Crippen molar-refractivity contribution in [2.45, 2.75) is 13.5 Å². The molecule has 7 nitrogen and oxygen atoms in total.